The Morgan fingerprint density at radius 2 is 1.22 bits per heavy atom. The van der Waals surface area contributed by atoms with Gasteiger partial charge in [-0.1, -0.05) is 23.2 Å². The molecule has 0 aliphatic rings. The van der Waals surface area contributed by atoms with Gasteiger partial charge in [-0.3, -0.25) is 0 Å². The molecule has 7 heteroatoms. The van der Waals surface area contributed by atoms with Crippen molar-refractivity contribution in [3.63, 3.8) is 0 Å². The molecule has 2 aromatic carbocycles. The predicted octanol–water partition coefficient (Wildman–Crippen LogP) is 3.38. The zero-order valence-electron chi connectivity index (χ0n) is 15.4. The van der Waals surface area contributed by atoms with Gasteiger partial charge in [-0.05, 0) is 61.4 Å². The number of benzene rings is 2. The monoisotopic (exact) mass is 413 g/mol. The van der Waals surface area contributed by atoms with Gasteiger partial charge in [-0.25, -0.2) is 0 Å². The highest BCUT2D eigenvalue weighted by molar-refractivity contribution is 6.31. The van der Waals surface area contributed by atoms with Crippen molar-refractivity contribution in [1.29, 1.82) is 0 Å². The fourth-order valence-corrected chi connectivity index (χ4v) is 2.57. The third-order valence-electron chi connectivity index (χ3n) is 3.90. The molecule has 27 heavy (non-hydrogen) atoms. The maximum absolute atomic E-state index is 9.97. The van der Waals surface area contributed by atoms with Crippen molar-refractivity contribution in [2.45, 2.75) is 26.1 Å². The molecule has 2 rings (SSSR count). The Bertz CT molecular complexity index is 680. The summed E-state index contributed by atoms with van der Waals surface area (Å²) in [5.74, 6) is 1.31. The lowest BCUT2D eigenvalue weighted by Crippen LogP contribution is -2.37. The fourth-order valence-electron chi connectivity index (χ4n) is 2.33. The molecular formula is C20H25Cl2NO4. The van der Waals surface area contributed by atoms with Gasteiger partial charge in [0.05, 0.1) is 0 Å². The number of halogens is 2. The van der Waals surface area contributed by atoms with Crippen LogP contribution in [0.25, 0.3) is 0 Å². The summed E-state index contributed by atoms with van der Waals surface area (Å²) in [5, 5.41) is 24.3. The van der Waals surface area contributed by atoms with Gasteiger partial charge in [0.2, 0.25) is 0 Å². The van der Waals surface area contributed by atoms with Crippen LogP contribution in [0.3, 0.4) is 0 Å². The van der Waals surface area contributed by atoms with Crippen molar-refractivity contribution in [1.82, 2.24) is 5.32 Å². The molecule has 0 amide bonds. The van der Waals surface area contributed by atoms with E-state index in [1.807, 2.05) is 26.0 Å². The van der Waals surface area contributed by atoms with Crippen molar-refractivity contribution in [2.75, 3.05) is 26.3 Å². The van der Waals surface area contributed by atoms with Crippen LogP contribution >= 0.6 is 23.2 Å². The molecule has 0 bridgehead atoms. The topological polar surface area (TPSA) is 71.0 Å². The van der Waals surface area contributed by atoms with Crippen LogP contribution in [0.4, 0.5) is 0 Å². The van der Waals surface area contributed by atoms with Crippen molar-refractivity contribution in [2.24, 2.45) is 0 Å². The first-order valence-electron chi connectivity index (χ1n) is 8.70. The number of aliphatic hydroxyl groups excluding tert-OH is 2. The first-order chi connectivity index (χ1) is 12.8. The van der Waals surface area contributed by atoms with E-state index in [4.69, 9.17) is 32.7 Å². The highest BCUT2D eigenvalue weighted by atomic mass is 35.5. The van der Waals surface area contributed by atoms with E-state index in [1.54, 1.807) is 24.3 Å². The highest BCUT2D eigenvalue weighted by Crippen LogP contribution is 2.22. The third kappa shape index (κ3) is 7.56. The molecule has 0 fully saturated rings. The van der Waals surface area contributed by atoms with Gasteiger partial charge in [-0.15, -0.1) is 0 Å². The van der Waals surface area contributed by atoms with E-state index in [2.05, 4.69) is 5.32 Å². The highest BCUT2D eigenvalue weighted by Gasteiger charge is 2.09. The summed E-state index contributed by atoms with van der Waals surface area (Å²) in [4.78, 5) is 0. The quantitative estimate of drug-likeness (QED) is 0.556. The van der Waals surface area contributed by atoms with Crippen LogP contribution in [0.5, 0.6) is 11.5 Å². The molecule has 2 unspecified atom stereocenters. The van der Waals surface area contributed by atoms with E-state index >= 15 is 0 Å². The SMILES string of the molecule is Cc1cc(OCC(O)CNCC(O)COc2ccc(Cl)c(C)c2)ccc1Cl. The number of hydrogen-bond acceptors (Lipinski definition) is 5. The van der Waals surface area contributed by atoms with Crippen LogP contribution in [0.2, 0.25) is 10.0 Å². The fraction of sp³-hybridized carbons (Fsp3) is 0.400. The average Bonchev–Trinajstić information content (AvgIpc) is 2.63. The molecule has 0 heterocycles. The number of aryl methyl sites for hydroxylation is 2. The molecule has 5 nitrogen and oxygen atoms in total. The minimum absolute atomic E-state index is 0.144. The lowest BCUT2D eigenvalue weighted by Gasteiger charge is -2.16. The molecule has 0 radical (unpaired) electrons. The van der Waals surface area contributed by atoms with Crippen LogP contribution in [0.15, 0.2) is 36.4 Å². The summed E-state index contributed by atoms with van der Waals surface area (Å²) in [5.41, 5.74) is 1.83. The molecule has 0 saturated heterocycles. The maximum Gasteiger partial charge on any atom is 0.119 e. The van der Waals surface area contributed by atoms with E-state index in [0.29, 0.717) is 34.6 Å². The minimum atomic E-state index is -0.701. The van der Waals surface area contributed by atoms with Crippen molar-refractivity contribution >= 4 is 23.2 Å². The Hall–Kier alpha value is -1.50. The summed E-state index contributed by atoms with van der Waals surface area (Å²) in [6.45, 7) is 4.66. The van der Waals surface area contributed by atoms with Crippen molar-refractivity contribution < 1.29 is 19.7 Å². The predicted molar refractivity (Wildman–Crippen MR) is 108 cm³/mol. The zero-order chi connectivity index (χ0) is 19.8. The van der Waals surface area contributed by atoms with Crippen LogP contribution < -0.4 is 14.8 Å². The summed E-state index contributed by atoms with van der Waals surface area (Å²) in [7, 11) is 0. The van der Waals surface area contributed by atoms with Gasteiger partial charge in [0.15, 0.2) is 0 Å². The number of nitrogens with one attached hydrogen (secondary N) is 1. The van der Waals surface area contributed by atoms with E-state index in [-0.39, 0.29) is 13.2 Å². The second-order valence-electron chi connectivity index (χ2n) is 6.41. The average molecular weight is 414 g/mol. The summed E-state index contributed by atoms with van der Waals surface area (Å²) in [6, 6.07) is 10.7. The van der Waals surface area contributed by atoms with Crippen molar-refractivity contribution in [3.8, 4) is 11.5 Å². The molecule has 0 aliphatic heterocycles. The molecule has 2 atom stereocenters. The van der Waals surface area contributed by atoms with E-state index in [9.17, 15) is 10.2 Å². The number of hydrogen-bond donors (Lipinski definition) is 3. The molecule has 0 saturated carbocycles. The van der Waals surface area contributed by atoms with E-state index in [1.165, 1.54) is 0 Å². The molecule has 0 aliphatic carbocycles. The van der Waals surface area contributed by atoms with E-state index in [0.717, 1.165) is 11.1 Å². The first kappa shape index (κ1) is 21.8. The minimum Gasteiger partial charge on any atom is -0.491 e. The van der Waals surface area contributed by atoms with Crippen LogP contribution in [-0.4, -0.2) is 48.7 Å². The lowest BCUT2D eigenvalue weighted by atomic mass is 10.2. The van der Waals surface area contributed by atoms with Crippen LogP contribution in [0, 0.1) is 13.8 Å². The Kier molecular flexibility index (Phi) is 8.67. The Morgan fingerprint density at radius 1 is 0.815 bits per heavy atom. The van der Waals surface area contributed by atoms with Crippen molar-refractivity contribution in [3.05, 3.63) is 57.6 Å². The van der Waals surface area contributed by atoms with E-state index < -0.39 is 12.2 Å². The Morgan fingerprint density at radius 3 is 1.59 bits per heavy atom. The van der Waals surface area contributed by atoms with Crippen LogP contribution in [0.1, 0.15) is 11.1 Å². The maximum atomic E-state index is 9.97. The second kappa shape index (κ2) is 10.7. The zero-order valence-corrected chi connectivity index (χ0v) is 16.9. The normalized spacial score (nSPS) is 13.3. The Labute approximate surface area is 169 Å². The Balaban J connectivity index is 1.62. The smallest absolute Gasteiger partial charge is 0.119 e. The molecule has 3 N–H and O–H groups in total. The summed E-state index contributed by atoms with van der Waals surface area (Å²) < 4.78 is 11.1. The largest absolute Gasteiger partial charge is 0.491 e. The van der Waals surface area contributed by atoms with Gasteiger partial charge in [0, 0.05) is 23.1 Å². The first-order valence-corrected chi connectivity index (χ1v) is 9.45. The molecule has 148 valence electrons. The molecule has 2 aromatic rings. The summed E-state index contributed by atoms with van der Waals surface area (Å²) in [6.07, 6.45) is -1.40. The molecule has 0 aromatic heterocycles. The number of ether oxygens (including phenoxy) is 2. The second-order valence-corrected chi connectivity index (χ2v) is 7.22. The number of aliphatic hydroxyl groups is 2. The lowest BCUT2D eigenvalue weighted by molar-refractivity contribution is 0.0857. The molecular weight excluding hydrogens is 389 g/mol. The van der Waals surface area contributed by atoms with Gasteiger partial charge < -0.3 is 25.0 Å². The molecule has 0 spiro atoms. The van der Waals surface area contributed by atoms with Gasteiger partial charge in [-0.2, -0.15) is 0 Å². The standard InChI is InChI=1S/C20H25Cl2NO4/c1-13-7-17(3-5-19(13)21)26-11-15(24)9-23-10-16(25)12-27-18-4-6-20(22)14(2)8-18/h3-8,15-16,23-25H,9-12H2,1-2H3. The third-order valence-corrected chi connectivity index (χ3v) is 4.75. The van der Waals surface area contributed by atoms with Gasteiger partial charge in [0.1, 0.15) is 36.9 Å². The summed E-state index contributed by atoms with van der Waals surface area (Å²) >= 11 is 11.9. The number of rotatable bonds is 10. The van der Waals surface area contributed by atoms with Gasteiger partial charge in [0.25, 0.3) is 0 Å². The van der Waals surface area contributed by atoms with Crippen LogP contribution in [-0.2, 0) is 0 Å². The van der Waals surface area contributed by atoms with Gasteiger partial charge >= 0.3 is 0 Å².